The van der Waals surface area contributed by atoms with E-state index in [1.807, 2.05) is 24.1 Å². The van der Waals surface area contributed by atoms with Crippen LogP contribution >= 0.6 is 0 Å². The van der Waals surface area contributed by atoms with Gasteiger partial charge < -0.3 is 15.0 Å². The van der Waals surface area contributed by atoms with Gasteiger partial charge in [0, 0.05) is 31.9 Å². The summed E-state index contributed by atoms with van der Waals surface area (Å²) in [5, 5.41) is 3.13. The van der Waals surface area contributed by atoms with Crippen molar-refractivity contribution in [3.8, 4) is 5.88 Å². The molecule has 1 heterocycles. The van der Waals surface area contributed by atoms with E-state index in [0.717, 1.165) is 18.4 Å². The molecule has 2 rings (SSSR count). The molecule has 1 fully saturated rings. The van der Waals surface area contributed by atoms with Crippen molar-refractivity contribution in [3.05, 3.63) is 23.9 Å². The maximum atomic E-state index is 11.7. The molecule has 18 heavy (non-hydrogen) atoms. The van der Waals surface area contributed by atoms with Crippen LogP contribution in [0.3, 0.4) is 0 Å². The normalized spacial score (nSPS) is 14.3. The van der Waals surface area contributed by atoms with Crippen LogP contribution in [0.1, 0.15) is 18.4 Å². The Morgan fingerprint density at radius 1 is 1.56 bits per heavy atom. The standard InChI is InChI=1S/C13H19N3O2/c1-16(11-4-5-11)13(17)9-14-7-10-3-6-12(18-2)15-8-10/h3,6,8,11,14H,4-5,7,9H2,1-2H3. The fourth-order valence-electron chi connectivity index (χ4n) is 1.74. The van der Waals surface area contributed by atoms with Crippen molar-refractivity contribution >= 4 is 5.91 Å². The summed E-state index contributed by atoms with van der Waals surface area (Å²) in [6.45, 7) is 1.01. The van der Waals surface area contributed by atoms with E-state index in [-0.39, 0.29) is 5.91 Å². The molecule has 1 saturated carbocycles. The molecule has 1 N–H and O–H groups in total. The Morgan fingerprint density at radius 2 is 2.33 bits per heavy atom. The van der Waals surface area contributed by atoms with E-state index in [4.69, 9.17) is 4.74 Å². The quantitative estimate of drug-likeness (QED) is 0.810. The largest absolute Gasteiger partial charge is 0.481 e. The average Bonchev–Trinajstić information content (AvgIpc) is 3.23. The Labute approximate surface area is 107 Å². The minimum atomic E-state index is 0.152. The molecule has 1 aromatic heterocycles. The fourth-order valence-corrected chi connectivity index (χ4v) is 1.74. The molecule has 1 aliphatic carbocycles. The van der Waals surface area contributed by atoms with Gasteiger partial charge >= 0.3 is 0 Å². The number of pyridine rings is 1. The molecule has 5 heteroatoms. The maximum Gasteiger partial charge on any atom is 0.236 e. The van der Waals surface area contributed by atoms with Gasteiger partial charge in [-0.05, 0) is 18.4 Å². The molecule has 0 atom stereocenters. The molecular weight excluding hydrogens is 230 g/mol. The molecule has 0 aliphatic heterocycles. The number of nitrogens with one attached hydrogen (secondary N) is 1. The van der Waals surface area contributed by atoms with E-state index < -0.39 is 0 Å². The SMILES string of the molecule is COc1ccc(CNCC(=O)N(C)C2CC2)cn1. The summed E-state index contributed by atoms with van der Waals surface area (Å²) in [5.41, 5.74) is 1.04. The van der Waals surface area contributed by atoms with E-state index in [9.17, 15) is 4.79 Å². The van der Waals surface area contributed by atoms with Crippen LogP contribution in [0.2, 0.25) is 0 Å². The van der Waals surface area contributed by atoms with Gasteiger partial charge in [0.25, 0.3) is 0 Å². The van der Waals surface area contributed by atoms with Crippen molar-refractivity contribution in [1.82, 2.24) is 15.2 Å². The van der Waals surface area contributed by atoms with Crippen LogP contribution in [0.25, 0.3) is 0 Å². The van der Waals surface area contributed by atoms with Crippen molar-refractivity contribution in [1.29, 1.82) is 0 Å². The Balaban J connectivity index is 1.72. The average molecular weight is 249 g/mol. The van der Waals surface area contributed by atoms with Gasteiger partial charge in [-0.25, -0.2) is 4.98 Å². The van der Waals surface area contributed by atoms with Gasteiger partial charge in [0.2, 0.25) is 11.8 Å². The number of methoxy groups -OCH3 is 1. The van der Waals surface area contributed by atoms with Crippen LogP contribution in [-0.2, 0) is 11.3 Å². The number of nitrogens with zero attached hydrogens (tertiary/aromatic N) is 2. The smallest absolute Gasteiger partial charge is 0.236 e. The predicted octanol–water partition coefficient (Wildman–Crippen LogP) is 0.801. The first-order valence-corrected chi connectivity index (χ1v) is 6.16. The van der Waals surface area contributed by atoms with Crippen LogP contribution in [0, 0.1) is 0 Å². The van der Waals surface area contributed by atoms with E-state index in [2.05, 4.69) is 10.3 Å². The highest BCUT2D eigenvalue weighted by Crippen LogP contribution is 2.25. The highest BCUT2D eigenvalue weighted by Gasteiger charge is 2.28. The Morgan fingerprint density at radius 3 is 2.89 bits per heavy atom. The molecule has 1 aromatic rings. The predicted molar refractivity (Wildman–Crippen MR) is 68.3 cm³/mol. The first-order valence-electron chi connectivity index (χ1n) is 6.16. The zero-order chi connectivity index (χ0) is 13.0. The molecule has 98 valence electrons. The summed E-state index contributed by atoms with van der Waals surface area (Å²) >= 11 is 0. The van der Waals surface area contributed by atoms with Gasteiger partial charge in [0.1, 0.15) is 0 Å². The first kappa shape index (κ1) is 12.8. The number of carbonyl (C=O) groups is 1. The number of hydrogen-bond acceptors (Lipinski definition) is 4. The van der Waals surface area contributed by atoms with Crippen molar-refractivity contribution in [2.75, 3.05) is 20.7 Å². The number of rotatable bonds is 6. The molecule has 5 nitrogen and oxygen atoms in total. The van der Waals surface area contributed by atoms with Crippen LogP contribution in [0.15, 0.2) is 18.3 Å². The first-order chi connectivity index (χ1) is 8.70. The lowest BCUT2D eigenvalue weighted by molar-refractivity contribution is -0.129. The van der Waals surface area contributed by atoms with Crippen molar-refractivity contribution in [2.45, 2.75) is 25.4 Å². The second-order valence-electron chi connectivity index (χ2n) is 4.55. The lowest BCUT2D eigenvalue weighted by Crippen LogP contribution is -2.36. The third-order valence-electron chi connectivity index (χ3n) is 3.10. The lowest BCUT2D eigenvalue weighted by Gasteiger charge is -2.16. The lowest BCUT2D eigenvalue weighted by atomic mass is 10.3. The maximum absolute atomic E-state index is 11.7. The molecule has 1 amide bonds. The van der Waals surface area contributed by atoms with Crippen LogP contribution in [0.5, 0.6) is 5.88 Å². The second kappa shape index (κ2) is 5.82. The highest BCUT2D eigenvalue weighted by molar-refractivity contribution is 5.78. The minimum absolute atomic E-state index is 0.152. The van der Waals surface area contributed by atoms with E-state index in [1.165, 1.54) is 0 Å². The van der Waals surface area contributed by atoms with Gasteiger partial charge in [0.15, 0.2) is 0 Å². The summed E-state index contributed by atoms with van der Waals surface area (Å²) in [5.74, 6) is 0.752. The number of carbonyl (C=O) groups excluding carboxylic acids is 1. The fraction of sp³-hybridized carbons (Fsp3) is 0.538. The van der Waals surface area contributed by atoms with Crippen LogP contribution < -0.4 is 10.1 Å². The Bertz CT molecular complexity index is 401. The molecular formula is C13H19N3O2. The monoisotopic (exact) mass is 249 g/mol. The van der Waals surface area contributed by atoms with Crippen molar-refractivity contribution in [2.24, 2.45) is 0 Å². The minimum Gasteiger partial charge on any atom is -0.481 e. The van der Waals surface area contributed by atoms with Crippen molar-refractivity contribution < 1.29 is 9.53 Å². The van der Waals surface area contributed by atoms with Crippen molar-refractivity contribution in [3.63, 3.8) is 0 Å². The molecule has 0 unspecified atom stereocenters. The van der Waals surface area contributed by atoms with Gasteiger partial charge in [-0.2, -0.15) is 0 Å². The summed E-state index contributed by atoms with van der Waals surface area (Å²) in [6, 6.07) is 4.23. The van der Waals surface area contributed by atoms with Gasteiger partial charge in [-0.1, -0.05) is 6.07 Å². The second-order valence-corrected chi connectivity index (χ2v) is 4.55. The Kier molecular flexibility index (Phi) is 4.15. The molecule has 0 aromatic carbocycles. The molecule has 0 radical (unpaired) electrons. The molecule has 0 saturated heterocycles. The van der Waals surface area contributed by atoms with E-state index in [1.54, 1.807) is 13.3 Å². The number of amides is 1. The Hall–Kier alpha value is -1.62. The van der Waals surface area contributed by atoms with Crippen LogP contribution in [-0.4, -0.2) is 42.5 Å². The third-order valence-corrected chi connectivity index (χ3v) is 3.10. The zero-order valence-electron chi connectivity index (χ0n) is 10.8. The van der Waals surface area contributed by atoms with E-state index in [0.29, 0.717) is 25.0 Å². The molecule has 0 spiro atoms. The number of likely N-dealkylation sites (N-methyl/N-ethyl adjacent to an activating group) is 1. The summed E-state index contributed by atoms with van der Waals surface area (Å²) in [4.78, 5) is 17.7. The number of hydrogen-bond donors (Lipinski definition) is 1. The number of aromatic nitrogens is 1. The van der Waals surface area contributed by atoms with E-state index >= 15 is 0 Å². The summed E-state index contributed by atoms with van der Waals surface area (Å²) in [6.07, 6.45) is 4.04. The van der Waals surface area contributed by atoms with Crippen LogP contribution in [0.4, 0.5) is 0 Å². The molecule has 0 bridgehead atoms. The van der Waals surface area contributed by atoms with Gasteiger partial charge in [0.05, 0.1) is 13.7 Å². The molecule has 1 aliphatic rings. The van der Waals surface area contributed by atoms with Gasteiger partial charge in [-0.15, -0.1) is 0 Å². The highest BCUT2D eigenvalue weighted by atomic mass is 16.5. The summed E-state index contributed by atoms with van der Waals surface area (Å²) in [7, 11) is 3.46. The zero-order valence-corrected chi connectivity index (χ0v) is 10.8. The van der Waals surface area contributed by atoms with Gasteiger partial charge in [-0.3, -0.25) is 4.79 Å². The third kappa shape index (κ3) is 3.43. The number of ether oxygens (including phenoxy) is 1. The summed E-state index contributed by atoms with van der Waals surface area (Å²) < 4.78 is 4.98. The topological polar surface area (TPSA) is 54.5 Å².